The zero-order chi connectivity index (χ0) is 14.7. The molecule has 9 nitrogen and oxygen atoms in total. The molecule has 0 atom stereocenters. The van der Waals surface area contributed by atoms with Crippen molar-refractivity contribution in [1.29, 1.82) is 0 Å². The molecular weight excluding hydrogens is 258 g/mol. The summed E-state index contributed by atoms with van der Waals surface area (Å²) in [5.74, 6) is 6.81. The van der Waals surface area contributed by atoms with E-state index in [4.69, 9.17) is 5.84 Å². The first kappa shape index (κ1) is 14.0. The zero-order valence-corrected chi connectivity index (χ0v) is 12.1. The van der Waals surface area contributed by atoms with E-state index in [0.717, 1.165) is 5.56 Å². The maximum absolute atomic E-state index is 5.39. The summed E-state index contributed by atoms with van der Waals surface area (Å²) in [4.78, 5) is 16.5. The van der Waals surface area contributed by atoms with E-state index in [9.17, 15) is 0 Å². The number of hydrazine groups is 1. The van der Waals surface area contributed by atoms with Gasteiger partial charge in [0, 0.05) is 46.5 Å². The van der Waals surface area contributed by atoms with E-state index in [2.05, 4.69) is 25.5 Å². The lowest BCUT2D eigenvalue weighted by Crippen LogP contribution is -2.23. The van der Waals surface area contributed by atoms with E-state index in [0.29, 0.717) is 24.4 Å². The molecular formula is C11H19N9. The number of nitrogens with two attached hydrogens (primary N) is 1. The highest BCUT2D eigenvalue weighted by Crippen LogP contribution is 2.15. The zero-order valence-electron chi connectivity index (χ0n) is 12.1. The van der Waals surface area contributed by atoms with Crippen LogP contribution in [0.5, 0.6) is 0 Å². The molecule has 0 spiro atoms. The topological polar surface area (TPSA) is 101 Å². The smallest absolute Gasteiger partial charge is 0.243 e. The molecule has 3 N–H and O–H groups in total. The van der Waals surface area contributed by atoms with Crippen molar-refractivity contribution in [3.8, 4) is 0 Å². The van der Waals surface area contributed by atoms with Crippen LogP contribution >= 0.6 is 0 Å². The van der Waals surface area contributed by atoms with Gasteiger partial charge in [0.2, 0.25) is 17.8 Å². The third-order valence-corrected chi connectivity index (χ3v) is 2.66. The second-order valence-corrected chi connectivity index (χ2v) is 4.68. The summed E-state index contributed by atoms with van der Waals surface area (Å²) in [6.45, 7) is 0.648. The molecule has 108 valence electrons. The molecule has 2 heterocycles. The van der Waals surface area contributed by atoms with Crippen molar-refractivity contribution in [2.24, 2.45) is 12.9 Å². The van der Waals surface area contributed by atoms with Crippen LogP contribution in [0.3, 0.4) is 0 Å². The first-order valence-electron chi connectivity index (χ1n) is 6.08. The third kappa shape index (κ3) is 3.12. The monoisotopic (exact) mass is 277 g/mol. The number of rotatable bonds is 5. The maximum atomic E-state index is 5.39. The van der Waals surface area contributed by atoms with E-state index in [1.165, 1.54) is 0 Å². The molecule has 0 aliphatic carbocycles. The average Bonchev–Trinajstić information content (AvgIpc) is 2.83. The molecule has 0 saturated carbocycles. The number of hydrogen-bond acceptors (Lipinski definition) is 8. The van der Waals surface area contributed by atoms with Crippen molar-refractivity contribution in [2.75, 3.05) is 36.4 Å². The minimum atomic E-state index is 0.330. The lowest BCUT2D eigenvalue weighted by molar-refractivity contribution is 0.766. The molecule has 0 radical (unpaired) electrons. The number of nitrogens with zero attached hydrogens (tertiary/aromatic N) is 7. The Morgan fingerprint density at radius 1 is 1.20 bits per heavy atom. The second-order valence-electron chi connectivity index (χ2n) is 4.68. The lowest BCUT2D eigenvalue weighted by Gasteiger charge is -2.19. The van der Waals surface area contributed by atoms with Gasteiger partial charge in [-0.3, -0.25) is 10.1 Å². The Morgan fingerprint density at radius 3 is 2.45 bits per heavy atom. The predicted octanol–water partition coefficient (Wildman–Crippen LogP) is -0.407. The Bertz CT molecular complexity index is 577. The summed E-state index contributed by atoms with van der Waals surface area (Å²) in [7, 11) is 7.51. The summed E-state index contributed by atoms with van der Waals surface area (Å²) in [6, 6.07) is 0. The molecule has 2 rings (SSSR count). The maximum Gasteiger partial charge on any atom is 0.243 e. The summed E-state index contributed by atoms with van der Waals surface area (Å²) in [5, 5.41) is 4.14. The normalized spacial score (nSPS) is 10.4. The fraction of sp³-hybridized carbons (Fsp3) is 0.455. The minimum absolute atomic E-state index is 0.330. The van der Waals surface area contributed by atoms with Gasteiger partial charge in [0.1, 0.15) is 0 Å². The highest BCUT2D eigenvalue weighted by atomic mass is 15.4. The van der Waals surface area contributed by atoms with Crippen LogP contribution < -0.4 is 21.1 Å². The van der Waals surface area contributed by atoms with Gasteiger partial charge in [-0.2, -0.15) is 20.1 Å². The molecule has 0 aromatic carbocycles. The molecule has 0 amide bonds. The van der Waals surface area contributed by atoms with Crippen molar-refractivity contribution in [2.45, 2.75) is 6.54 Å². The number of aromatic nitrogens is 5. The molecule has 2 aromatic rings. The number of aryl methyl sites for hydroxylation is 1. The van der Waals surface area contributed by atoms with Crippen LogP contribution in [-0.2, 0) is 13.6 Å². The van der Waals surface area contributed by atoms with Crippen LogP contribution in [0.2, 0.25) is 0 Å². The molecule has 0 aliphatic heterocycles. The Morgan fingerprint density at radius 2 is 1.90 bits per heavy atom. The summed E-state index contributed by atoms with van der Waals surface area (Å²) in [6.07, 6.45) is 3.76. The summed E-state index contributed by atoms with van der Waals surface area (Å²) < 4.78 is 1.76. The second kappa shape index (κ2) is 5.70. The molecule has 2 aromatic heterocycles. The molecule has 0 fully saturated rings. The van der Waals surface area contributed by atoms with Crippen LogP contribution in [-0.4, -0.2) is 45.9 Å². The Kier molecular flexibility index (Phi) is 3.99. The number of nitrogens with one attached hydrogen (secondary N) is 1. The van der Waals surface area contributed by atoms with E-state index in [1.54, 1.807) is 9.58 Å². The molecule has 9 heteroatoms. The summed E-state index contributed by atoms with van der Waals surface area (Å²) in [5.41, 5.74) is 3.53. The first-order valence-corrected chi connectivity index (χ1v) is 6.08. The van der Waals surface area contributed by atoms with Crippen molar-refractivity contribution >= 4 is 17.8 Å². The van der Waals surface area contributed by atoms with Gasteiger partial charge in [-0.25, -0.2) is 5.84 Å². The van der Waals surface area contributed by atoms with Crippen LogP contribution in [0.4, 0.5) is 17.8 Å². The fourth-order valence-electron chi connectivity index (χ4n) is 1.69. The van der Waals surface area contributed by atoms with Crippen LogP contribution in [0.15, 0.2) is 12.4 Å². The Balaban J connectivity index is 2.24. The SMILES string of the molecule is CN(C)c1nc(NN)nc(N(C)Cc2cnn(C)c2)n1. The quantitative estimate of drug-likeness (QED) is 0.562. The standard InChI is InChI=1S/C11H19N9/c1-18(2)10-14-9(17-12)15-11(16-10)19(3)6-8-5-13-20(4)7-8/h5,7H,6,12H2,1-4H3,(H,14,15,16,17). The van der Waals surface area contributed by atoms with Crippen molar-refractivity contribution in [3.05, 3.63) is 18.0 Å². The highest BCUT2D eigenvalue weighted by molar-refractivity contribution is 5.43. The Labute approximate surface area is 117 Å². The highest BCUT2D eigenvalue weighted by Gasteiger charge is 2.12. The van der Waals surface area contributed by atoms with Crippen LogP contribution in [0, 0.1) is 0 Å². The van der Waals surface area contributed by atoms with E-state index in [1.807, 2.05) is 45.5 Å². The molecule has 0 unspecified atom stereocenters. The third-order valence-electron chi connectivity index (χ3n) is 2.66. The number of anilines is 3. The van der Waals surface area contributed by atoms with Gasteiger partial charge in [0.25, 0.3) is 0 Å². The van der Waals surface area contributed by atoms with Gasteiger partial charge in [-0.1, -0.05) is 0 Å². The van der Waals surface area contributed by atoms with Crippen molar-refractivity contribution in [1.82, 2.24) is 24.7 Å². The van der Waals surface area contributed by atoms with Crippen molar-refractivity contribution < 1.29 is 0 Å². The van der Waals surface area contributed by atoms with Crippen LogP contribution in [0.1, 0.15) is 5.56 Å². The largest absolute Gasteiger partial charge is 0.347 e. The Hall–Kier alpha value is -2.42. The van der Waals surface area contributed by atoms with Gasteiger partial charge < -0.3 is 9.80 Å². The molecule has 0 aliphatic rings. The van der Waals surface area contributed by atoms with Crippen molar-refractivity contribution in [3.63, 3.8) is 0 Å². The fourth-order valence-corrected chi connectivity index (χ4v) is 1.69. The molecule has 20 heavy (non-hydrogen) atoms. The number of hydrogen-bond donors (Lipinski definition) is 2. The molecule has 0 saturated heterocycles. The van der Waals surface area contributed by atoms with E-state index >= 15 is 0 Å². The van der Waals surface area contributed by atoms with Gasteiger partial charge in [-0.15, -0.1) is 0 Å². The van der Waals surface area contributed by atoms with Gasteiger partial charge >= 0.3 is 0 Å². The van der Waals surface area contributed by atoms with E-state index in [-0.39, 0.29) is 0 Å². The minimum Gasteiger partial charge on any atom is -0.347 e. The summed E-state index contributed by atoms with van der Waals surface area (Å²) >= 11 is 0. The average molecular weight is 277 g/mol. The first-order chi connectivity index (χ1) is 9.49. The molecule has 0 bridgehead atoms. The predicted molar refractivity (Wildman–Crippen MR) is 77.3 cm³/mol. The van der Waals surface area contributed by atoms with E-state index < -0.39 is 0 Å². The van der Waals surface area contributed by atoms with Gasteiger partial charge in [0.15, 0.2) is 0 Å². The lowest BCUT2D eigenvalue weighted by atomic mass is 10.3. The van der Waals surface area contributed by atoms with Gasteiger partial charge in [0.05, 0.1) is 6.20 Å². The number of nitrogen functional groups attached to an aromatic ring is 1. The van der Waals surface area contributed by atoms with Crippen LogP contribution in [0.25, 0.3) is 0 Å². The van der Waals surface area contributed by atoms with Gasteiger partial charge in [-0.05, 0) is 0 Å².